The highest BCUT2D eigenvalue weighted by molar-refractivity contribution is 6.07. The molecule has 5 nitrogen and oxygen atoms in total. The van der Waals surface area contributed by atoms with E-state index in [2.05, 4.69) is 12.2 Å². The smallest absolute Gasteiger partial charge is 0.252 e. The molecule has 0 saturated carbocycles. The van der Waals surface area contributed by atoms with Gasteiger partial charge < -0.3 is 19.7 Å². The first-order valence-corrected chi connectivity index (χ1v) is 7.30. The Hall–Kier alpha value is -1.91. The first-order valence-electron chi connectivity index (χ1n) is 7.30. The fourth-order valence-electron chi connectivity index (χ4n) is 2.57. The van der Waals surface area contributed by atoms with Gasteiger partial charge in [-0.05, 0) is 20.3 Å². The van der Waals surface area contributed by atoms with Crippen molar-refractivity contribution in [1.82, 2.24) is 0 Å². The van der Waals surface area contributed by atoms with E-state index in [4.69, 9.17) is 9.47 Å². The Morgan fingerprint density at radius 1 is 1.19 bits per heavy atom. The van der Waals surface area contributed by atoms with Crippen LogP contribution in [0, 0.1) is 0 Å². The average Bonchev–Trinajstić information content (AvgIpc) is 2.46. The van der Waals surface area contributed by atoms with E-state index in [0.717, 1.165) is 24.2 Å². The minimum Gasteiger partial charge on any atom is -0.493 e. The summed E-state index contributed by atoms with van der Waals surface area (Å²) in [5.74, 6) is 1.37. The van der Waals surface area contributed by atoms with E-state index in [9.17, 15) is 4.79 Å². The summed E-state index contributed by atoms with van der Waals surface area (Å²) in [6, 6.07) is 3.76. The zero-order valence-corrected chi connectivity index (χ0v) is 13.4. The number of unbranched alkanes of at least 4 members (excludes halogenated alkanes) is 1. The maximum atomic E-state index is 12.7. The fraction of sp³-hybridized carbons (Fsp3) is 0.562. The Kier molecular flexibility index (Phi) is 4.30. The van der Waals surface area contributed by atoms with E-state index in [1.54, 1.807) is 14.2 Å². The van der Waals surface area contributed by atoms with Crippen molar-refractivity contribution < 1.29 is 14.3 Å². The molecule has 0 saturated heterocycles. The van der Waals surface area contributed by atoms with Gasteiger partial charge >= 0.3 is 0 Å². The number of anilines is 2. The first-order chi connectivity index (χ1) is 9.94. The molecule has 0 spiro atoms. The summed E-state index contributed by atoms with van der Waals surface area (Å²) in [5, 5.41) is 3.29. The van der Waals surface area contributed by atoms with Gasteiger partial charge in [0.2, 0.25) is 0 Å². The summed E-state index contributed by atoms with van der Waals surface area (Å²) in [4.78, 5) is 14.5. The molecule has 0 fully saturated rings. The summed E-state index contributed by atoms with van der Waals surface area (Å²) < 4.78 is 10.7. The molecule has 1 heterocycles. The van der Waals surface area contributed by atoms with Crippen LogP contribution in [0.1, 0.15) is 33.6 Å². The molecule has 1 aliphatic heterocycles. The molecule has 1 aromatic carbocycles. The van der Waals surface area contributed by atoms with Gasteiger partial charge in [-0.3, -0.25) is 4.79 Å². The Labute approximate surface area is 126 Å². The molecule has 1 aromatic rings. The predicted octanol–water partition coefficient (Wildman–Crippen LogP) is 3.04. The normalized spacial score (nSPS) is 16.2. The molecule has 0 radical (unpaired) electrons. The number of hydrogen-bond donors (Lipinski definition) is 1. The van der Waals surface area contributed by atoms with Crippen LogP contribution in [0.4, 0.5) is 11.4 Å². The van der Waals surface area contributed by atoms with Crippen LogP contribution in [0.25, 0.3) is 0 Å². The first kappa shape index (κ1) is 15.5. The van der Waals surface area contributed by atoms with E-state index in [1.165, 1.54) is 0 Å². The Bertz CT molecular complexity index is 541. The number of nitrogens with zero attached hydrogens (tertiary/aromatic N) is 1. The second-order valence-electron chi connectivity index (χ2n) is 5.78. The van der Waals surface area contributed by atoms with Gasteiger partial charge in [0.1, 0.15) is 5.54 Å². The molecule has 0 unspecified atom stereocenters. The van der Waals surface area contributed by atoms with Crippen LogP contribution < -0.4 is 19.7 Å². The summed E-state index contributed by atoms with van der Waals surface area (Å²) in [6.07, 6.45) is 2.01. The van der Waals surface area contributed by atoms with Crippen LogP contribution in [-0.2, 0) is 4.79 Å². The fourth-order valence-corrected chi connectivity index (χ4v) is 2.57. The number of methoxy groups -OCH3 is 2. The van der Waals surface area contributed by atoms with E-state index in [1.807, 2.05) is 30.9 Å². The van der Waals surface area contributed by atoms with E-state index < -0.39 is 5.54 Å². The number of amides is 1. The zero-order chi connectivity index (χ0) is 15.6. The number of carbonyl (C=O) groups excluding carboxylic acids is 1. The van der Waals surface area contributed by atoms with Gasteiger partial charge in [0.05, 0.1) is 25.6 Å². The van der Waals surface area contributed by atoms with Crippen molar-refractivity contribution in [2.45, 2.75) is 39.2 Å². The molecule has 0 aliphatic carbocycles. The Morgan fingerprint density at radius 2 is 1.81 bits per heavy atom. The summed E-state index contributed by atoms with van der Waals surface area (Å²) in [7, 11) is 3.21. The van der Waals surface area contributed by atoms with Crippen LogP contribution in [0.2, 0.25) is 0 Å². The van der Waals surface area contributed by atoms with Crippen molar-refractivity contribution in [3.05, 3.63) is 12.1 Å². The second kappa shape index (κ2) is 5.84. The molecule has 21 heavy (non-hydrogen) atoms. The zero-order valence-electron chi connectivity index (χ0n) is 13.4. The molecule has 0 atom stereocenters. The van der Waals surface area contributed by atoms with Crippen LogP contribution in [-0.4, -0.2) is 32.2 Å². The molecule has 0 aromatic heterocycles. The Balaban J connectivity index is 2.51. The number of fused-ring (bicyclic) bond motifs is 1. The van der Waals surface area contributed by atoms with Gasteiger partial charge in [-0.1, -0.05) is 13.3 Å². The minimum absolute atomic E-state index is 0.0793. The van der Waals surface area contributed by atoms with Crippen molar-refractivity contribution in [3.63, 3.8) is 0 Å². The summed E-state index contributed by atoms with van der Waals surface area (Å²) in [6.45, 7) is 6.62. The number of benzene rings is 1. The molecule has 5 heteroatoms. The number of nitrogens with one attached hydrogen (secondary N) is 1. The highest BCUT2D eigenvalue weighted by atomic mass is 16.5. The quantitative estimate of drug-likeness (QED) is 0.906. The van der Waals surface area contributed by atoms with E-state index in [0.29, 0.717) is 18.0 Å². The van der Waals surface area contributed by atoms with Crippen LogP contribution >= 0.6 is 0 Å². The summed E-state index contributed by atoms with van der Waals surface area (Å²) >= 11 is 0. The van der Waals surface area contributed by atoms with Crippen LogP contribution in [0.15, 0.2) is 12.1 Å². The van der Waals surface area contributed by atoms with Gasteiger partial charge in [-0.2, -0.15) is 0 Å². The van der Waals surface area contributed by atoms with Gasteiger partial charge in [0.15, 0.2) is 11.5 Å². The molecule has 116 valence electrons. The van der Waals surface area contributed by atoms with Gasteiger partial charge in [0.25, 0.3) is 5.91 Å². The third-order valence-corrected chi connectivity index (χ3v) is 3.75. The molecular formula is C16H24N2O3. The molecule has 1 N–H and O–H groups in total. The van der Waals surface area contributed by atoms with Gasteiger partial charge in [-0.25, -0.2) is 0 Å². The highest BCUT2D eigenvalue weighted by Crippen LogP contribution is 2.42. The standard InChI is InChI=1S/C16H24N2O3/c1-6-7-8-18-12-10-14(21-5)13(20-4)9-11(12)17-16(2,3)15(18)19/h9-10,17H,6-8H2,1-5H3. The van der Waals surface area contributed by atoms with Crippen LogP contribution in [0.3, 0.4) is 0 Å². The van der Waals surface area contributed by atoms with Crippen LogP contribution in [0.5, 0.6) is 11.5 Å². The molecule has 1 amide bonds. The van der Waals surface area contributed by atoms with E-state index >= 15 is 0 Å². The molecule has 1 aliphatic rings. The van der Waals surface area contributed by atoms with Crippen molar-refractivity contribution in [1.29, 1.82) is 0 Å². The third-order valence-electron chi connectivity index (χ3n) is 3.75. The summed E-state index contributed by atoms with van der Waals surface area (Å²) in [5.41, 5.74) is 1.12. The highest BCUT2D eigenvalue weighted by Gasteiger charge is 2.39. The Morgan fingerprint density at radius 3 is 2.38 bits per heavy atom. The topological polar surface area (TPSA) is 50.8 Å². The SMILES string of the molecule is CCCCN1C(=O)C(C)(C)Nc2cc(OC)c(OC)cc21. The molecular weight excluding hydrogens is 268 g/mol. The number of carbonyl (C=O) groups is 1. The predicted molar refractivity (Wildman–Crippen MR) is 84.5 cm³/mol. The van der Waals surface area contributed by atoms with Crippen molar-refractivity contribution in [3.8, 4) is 11.5 Å². The lowest BCUT2D eigenvalue weighted by molar-refractivity contribution is -0.122. The minimum atomic E-state index is -0.625. The lowest BCUT2D eigenvalue weighted by atomic mass is 9.97. The van der Waals surface area contributed by atoms with Gasteiger partial charge in [-0.15, -0.1) is 0 Å². The van der Waals surface area contributed by atoms with E-state index in [-0.39, 0.29) is 5.91 Å². The molecule has 2 rings (SSSR count). The monoisotopic (exact) mass is 292 g/mol. The van der Waals surface area contributed by atoms with Crippen molar-refractivity contribution >= 4 is 17.3 Å². The number of ether oxygens (including phenoxy) is 2. The van der Waals surface area contributed by atoms with Crippen molar-refractivity contribution in [2.24, 2.45) is 0 Å². The average molecular weight is 292 g/mol. The largest absolute Gasteiger partial charge is 0.493 e. The number of hydrogen-bond acceptors (Lipinski definition) is 4. The second-order valence-corrected chi connectivity index (χ2v) is 5.78. The lowest BCUT2D eigenvalue weighted by Crippen LogP contribution is -2.54. The molecule has 0 bridgehead atoms. The maximum Gasteiger partial charge on any atom is 0.252 e. The maximum absolute atomic E-state index is 12.7. The number of rotatable bonds is 5. The third kappa shape index (κ3) is 2.77. The van der Waals surface area contributed by atoms with Crippen molar-refractivity contribution in [2.75, 3.05) is 31.0 Å². The lowest BCUT2D eigenvalue weighted by Gasteiger charge is -2.40. The van der Waals surface area contributed by atoms with Gasteiger partial charge in [0, 0.05) is 18.7 Å².